The summed E-state index contributed by atoms with van der Waals surface area (Å²) < 4.78 is 7.26. The van der Waals surface area contributed by atoms with Gasteiger partial charge in [0.2, 0.25) is 5.95 Å². The zero-order chi connectivity index (χ0) is 12.3. The lowest BCUT2D eigenvalue weighted by molar-refractivity contribution is 0.416. The second kappa shape index (κ2) is 5.10. The number of methoxy groups -OCH3 is 1. The van der Waals surface area contributed by atoms with Gasteiger partial charge in [-0.25, -0.2) is 4.98 Å². The van der Waals surface area contributed by atoms with Crippen molar-refractivity contribution < 1.29 is 4.74 Å². The molecule has 0 spiro atoms. The van der Waals surface area contributed by atoms with Gasteiger partial charge in [-0.05, 0) is 25.1 Å². The second-order valence-electron chi connectivity index (χ2n) is 3.51. The fraction of sp³-hybridized carbons (Fsp3) is 0.250. The van der Waals surface area contributed by atoms with Gasteiger partial charge in [0.1, 0.15) is 5.75 Å². The average molecular weight is 252 g/mol. The van der Waals surface area contributed by atoms with Crippen LogP contribution in [0.25, 0.3) is 0 Å². The van der Waals surface area contributed by atoms with Gasteiger partial charge in [-0.3, -0.25) is 0 Å². The standard InChI is InChI=1S/C12H14ClN3O/c1-3-16-7-6-14-12(16)15-10-8-9(13)4-5-11(10)17-2/h4-8H,3H2,1-2H3,(H,14,15). The number of nitrogens with one attached hydrogen (secondary N) is 1. The number of imidazole rings is 1. The Hall–Kier alpha value is -1.68. The zero-order valence-corrected chi connectivity index (χ0v) is 10.5. The van der Waals surface area contributed by atoms with Crippen LogP contribution < -0.4 is 10.1 Å². The van der Waals surface area contributed by atoms with Gasteiger partial charge in [-0.1, -0.05) is 11.6 Å². The van der Waals surface area contributed by atoms with E-state index >= 15 is 0 Å². The highest BCUT2D eigenvalue weighted by molar-refractivity contribution is 6.30. The maximum absolute atomic E-state index is 5.96. The molecule has 0 radical (unpaired) electrons. The molecule has 0 aliphatic rings. The highest BCUT2D eigenvalue weighted by atomic mass is 35.5. The van der Waals surface area contributed by atoms with Gasteiger partial charge in [-0.2, -0.15) is 0 Å². The highest BCUT2D eigenvalue weighted by Crippen LogP contribution is 2.29. The van der Waals surface area contributed by atoms with Crippen LogP contribution in [0.3, 0.4) is 0 Å². The Morgan fingerprint density at radius 2 is 2.29 bits per heavy atom. The van der Waals surface area contributed by atoms with Gasteiger partial charge in [0.05, 0.1) is 12.8 Å². The average Bonchev–Trinajstić information content (AvgIpc) is 2.77. The molecule has 0 bridgehead atoms. The number of halogens is 1. The number of anilines is 2. The number of rotatable bonds is 4. The van der Waals surface area contributed by atoms with Gasteiger partial charge in [-0.15, -0.1) is 0 Å². The van der Waals surface area contributed by atoms with Crippen molar-refractivity contribution in [1.82, 2.24) is 9.55 Å². The molecule has 0 fully saturated rings. The molecule has 1 N–H and O–H groups in total. The molecular formula is C12H14ClN3O. The van der Waals surface area contributed by atoms with Crippen LogP contribution in [0.5, 0.6) is 5.75 Å². The molecule has 5 heteroatoms. The Bertz CT molecular complexity index is 510. The summed E-state index contributed by atoms with van der Waals surface area (Å²) in [6.07, 6.45) is 3.67. The number of ether oxygens (including phenoxy) is 1. The molecule has 0 unspecified atom stereocenters. The van der Waals surface area contributed by atoms with E-state index < -0.39 is 0 Å². The van der Waals surface area contributed by atoms with E-state index in [1.165, 1.54) is 0 Å². The fourth-order valence-corrected chi connectivity index (χ4v) is 1.76. The maximum Gasteiger partial charge on any atom is 0.207 e. The van der Waals surface area contributed by atoms with Crippen molar-refractivity contribution >= 4 is 23.2 Å². The lowest BCUT2D eigenvalue weighted by Gasteiger charge is -2.11. The van der Waals surface area contributed by atoms with E-state index in [1.807, 2.05) is 22.9 Å². The molecule has 0 amide bonds. The van der Waals surface area contributed by atoms with Crippen molar-refractivity contribution in [3.8, 4) is 5.75 Å². The van der Waals surface area contributed by atoms with Gasteiger partial charge in [0, 0.05) is 24.0 Å². The van der Waals surface area contributed by atoms with Crippen molar-refractivity contribution in [2.24, 2.45) is 0 Å². The first-order valence-electron chi connectivity index (χ1n) is 5.36. The van der Waals surface area contributed by atoms with Crippen LogP contribution in [-0.2, 0) is 6.54 Å². The quantitative estimate of drug-likeness (QED) is 0.906. The topological polar surface area (TPSA) is 39.1 Å². The first-order chi connectivity index (χ1) is 8.24. The van der Waals surface area contributed by atoms with E-state index in [9.17, 15) is 0 Å². The summed E-state index contributed by atoms with van der Waals surface area (Å²) in [5.41, 5.74) is 0.806. The lowest BCUT2D eigenvalue weighted by atomic mass is 10.3. The Morgan fingerprint density at radius 1 is 1.47 bits per heavy atom. The van der Waals surface area contributed by atoms with Gasteiger partial charge in [0.15, 0.2) is 0 Å². The molecule has 2 aromatic rings. The normalized spacial score (nSPS) is 10.3. The maximum atomic E-state index is 5.96. The van der Waals surface area contributed by atoms with E-state index in [2.05, 4.69) is 17.2 Å². The SMILES string of the molecule is CCn1ccnc1Nc1cc(Cl)ccc1OC. The van der Waals surface area contributed by atoms with Crippen molar-refractivity contribution in [2.75, 3.05) is 12.4 Å². The van der Waals surface area contributed by atoms with Crippen LogP contribution in [0.2, 0.25) is 5.02 Å². The van der Waals surface area contributed by atoms with E-state index in [-0.39, 0.29) is 0 Å². The van der Waals surface area contributed by atoms with Crippen LogP contribution >= 0.6 is 11.6 Å². The molecule has 1 aromatic heterocycles. The first kappa shape index (κ1) is 11.8. The van der Waals surface area contributed by atoms with Gasteiger partial charge in [0.25, 0.3) is 0 Å². The number of aryl methyl sites for hydroxylation is 1. The molecule has 0 saturated carbocycles. The predicted molar refractivity (Wildman–Crippen MR) is 69.2 cm³/mol. The van der Waals surface area contributed by atoms with Crippen LogP contribution in [0, 0.1) is 0 Å². The summed E-state index contributed by atoms with van der Waals surface area (Å²) in [6, 6.07) is 5.43. The summed E-state index contributed by atoms with van der Waals surface area (Å²) in [4.78, 5) is 4.24. The zero-order valence-electron chi connectivity index (χ0n) is 9.77. The largest absolute Gasteiger partial charge is 0.495 e. The van der Waals surface area contributed by atoms with Crippen molar-refractivity contribution in [3.63, 3.8) is 0 Å². The minimum atomic E-state index is 0.655. The summed E-state index contributed by atoms with van der Waals surface area (Å²) in [5, 5.41) is 3.86. The Morgan fingerprint density at radius 3 is 3.00 bits per heavy atom. The predicted octanol–water partition coefficient (Wildman–Crippen LogP) is 3.31. The van der Waals surface area contributed by atoms with E-state index in [4.69, 9.17) is 16.3 Å². The fourth-order valence-electron chi connectivity index (χ4n) is 1.59. The molecule has 2 rings (SSSR count). The molecule has 1 heterocycles. The first-order valence-corrected chi connectivity index (χ1v) is 5.74. The minimum Gasteiger partial charge on any atom is -0.495 e. The molecule has 17 heavy (non-hydrogen) atoms. The van der Waals surface area contributed by atoms with Crippen LogP contribution in [0.4, 0.5) is 11.6 Å². The third-order valence-corrected chi connectivity index (χ3v) is 2.70. The minimum absolute atomic E-state index is 0.655. The highest BCUT2D eigenvalue weighted by Gasteiger charge is 2.07. The molecule has 4 nitrogen and oxygen atoms in total. The smallest absolute Gasteiger partial charge is 0.207 e. The molecule has 0 aliphatic carbocycles. The Kier molecular flexibility index (Phi) is 3.54. The number of aromatic nitrogens is 2. The van der Waals surface area contributed by atoms with Crippen LogP contribution in [0.15, 0.2) is 30.6 Å². The molecule has 0 aliphatic heterocycles. The Labute approximate surface area is 105 Å². The number of hydrogen-bond acceptors (Lipinski definition) is 3. The number of benzene rings is 1. The van der Waals surface area contributed by atoms with Crippen molar-refractivity contribution in [2.45, 2.75) is 13.5 Å². The van der Waals surface area contributed by atoms with E-state index in [1.54, 1.807) is 19.4 Å². The number of hydrogen-bond donors (Lipinski definition) is 1. The van der Waals surface area contributed by atoms with Crippen molar-refractivity contribution in [3.05, 3.63) is 35.6 Å². The lowest BCUT2D eigenvalue weighted by Crippen LogP contribution is -2.02. The molecule has 0 atom stereocenters. The summed E-state index contributed by atoms with van der Waals surface area (Å²) in [7, 11) is 1.63. The van der Waals surface area contributed by atoms with Crippen LogP contribution in [0.1, 0.15) is 6.92 Å². The third-order valence-electron chi connectivity index (χ3n) is 2.46. The molecular weight excluding hydrogens is 238 g/mol. The van der Waals surface area contributed by atoms with Gasteiger partial charge >= 0.3 is 0 Å². The Balaban J connectivity index is 2.32. The molecule has 90 valence electrons. The molecule has 1 aromatic carbocycles. The summed E-state index contributed by atoms with van der Waals surface area (Å²) >= 11 is 5.96. The summed E-state index contributed by atoms with van der Waals surface area (Å²) in [6.45, 7) is 2.91. The van der Waals surface area contributed by atoms with Crippen molar-refractivity contribution in [1.29, 1.82) is 0 Å². The van der Waals surface area contributed by atoms with Crippen LogP contribution in [-0.4, -0.2) is 16.7 Å². The molecule has 0 saturated heterocycles. The van der Waals surface area contributed by atoms with E-state index in [0.717, 1.165) is 23.9 Å². The third kappa shape index (κ3) is 2.53. The second-order valence-corrected chi connectivity index (χ2v) is 3.94. The monoisotopic (exact) mass is 251 g/mol. The van der Waals surface area contributed by atoms with E-state index in [0.29, 0.717) is 5.02 Å². The summed E-state index contributed by atoms with van der Waals surface area (Å²) in [5.74, 6) is 1.51. The number of nitrogens with zero attached hydrogens (tertiary/aromatic N) is 2. The van der Waals surface area contributed by atoms with Gasteiger partial charge < -0.3 is 14.6 Å².